The SMILES string of the molecule is CCCCOc1ccc(NC(=O)NCC2CCN(S(=O)(=O)C3CC3)CC2)cc1. The molecule has 2 amide bonds. The number of nitrogens with one attached hydrogen (secondary N) is 2. The van der Waals surface area contributed by atoms with Gasteiger partial charge in [-0.3, -0.25) is 0 Å². The van der Waals surface area contributed by atoms with E-state index in [1.54, 1.807) is 4.31 Å². The van der Waals surface area contributed by atoms with Crippen LogP contribution in [0.3, 0.4) is 0 Å². The number of urea groups is 1. The van der Waals surface area contributed by atoms with Crippen molar-refractivity contribution in [1.82, 2.24) is 9.62 Å². The normalized spacial score (nSPS) is 18.6. The minimum atomic E-state index is -3.07. The van der Waals surface area contributed by atoms with Crippen molar-refractivity contribution in [3.8, 4) is 5.75 Å². The summed E-state index contributed by atoms with van der Waals surface area (Å²) in [5, 5.41) is 5.57. The Morgan fingerprint density at radius 2 is 1.82 bits per heavy atom. The first kappa shape index (κ1) is 20.9. The molecule has 28 heavy (non-hydrogen) atoms. The number of ether oxygens (including phenoxy) is 1. The van der Waals surface area contributed by atoms with E-state index in [2.05, 4.69) is 17.6 Å². The summed E-state index contributed by atoms with van der Waals surface area (Å²) in [5.41, 5.74) is 0.714. The zero-order valence-corrected chi connectivity index (χ0v) is 17.3. The lowest BCUT2D eigenvalue weighted by molar-refractivity contribution is 0.240. The number of rotatable bonds is 9. The highest BCUT2D eigenvalue weighted by Crippen LogP contribution is 2.33. The van der Waals surface area contributed by atoms with Gasteiger partial charge in [-0.15, -0.1) is 0 Å². The summed E-state index contributed by atoms with van der Waals surface area (Å²) in [6.07, 6.45) is 5.29. The van der Waals surface area contributed by atoms with E-state index in [1.165, 1.54) is 0 Å². The van der Waals surface area contributed by atoms with E-state index in [-0.39, 0.29) is 11.3 Å². The van der Waals surface area contributed by atoms with Gasteiger partial charge in [-0.25, -0.2) is 17.5 Å². The zero-order valence-electron chi connectivity index (χ0n) is 16.5. The molecule has 0 atom stereocenters. The van der Waals surface area contributed by atoms with Crippen LogP contribution in [-0.4, -0.2) is 50.2 Å². The number of hydrogen-bond acceptors (Lipinski definition) is 4. The number of hydrogen-bond donors (Lipinski definition) is 2. The molecular formula is C20H31N3O4S. The monoisotopic (exact) mass is 409 g/mol. The van der Waals surface area contributed by atoms with Crippen LogP contribution in [0.25, 0.3) is 0 Å². The number of sulfonamides is 1. The summed E-state index contributed by atoms with van der Waals surface area (Å²) in [6, 6.07) is 7.10. The van der Waals surface area contributed by atoms with E-state index in [9.17, 15) is 13.2 Å². The van der Waals surface area contributed by atoms with Crippen molar-refractivity contribution in [3.63, 3.8) is 0 Å². The lowest BCUT2D eigenvalue weighted by Gasteiger charge is -2.31. The highest BCUT2D eigenvalue weighted by Gasteiger charge is 2.41. The predicted molar refractivity (Wildman–Crippen MR) is 110 cm³/mol. The van der Waals surface area contributed by atoms with Gasteiger partial charge in [0.05, 0.1) is 11.9 Å². The van der Waals surface area contributed by atoms with Crippen molar-refractivity contribution in [1.29, 1.82) is 0 Å². The number of nitrogens with zero attached hydrogens (tertiary/aromatic N) is 1. The van der Waals surface area contributed by atoms with Crippen molar-refractivity contribution < 1.29 is 17.9 Å². The van der Waals surface area contributed by atoms with Crippen molar-refractivity contribution in [3.05, 3.63) is 24.3 Å². The summed E-state index contributed by atoms with van der Waals surface area (Å²) in [7, 11) is -3.07. The van der Waals surface area contributed by atoms with E-state index >= 15 is 0 Å². The van der Waals surface area contributed by atoms with Gasteiger partial charge in [0.15, 0.2) is 0 Å². The first-order valence-corrected chi connectivity index (χ1v) is 11.8. The summed E-state index contributed by atoms with van der Waals surface area (Å²) in [6.45, 7) is 4.50. The number of carbonyl (C=O) groups is 1. The average molecular weight is 410 g/mol. The molecule has 2 aliphatic rings. The van der Waals surface area contributed by atoms with Crippen LogP contribution in [0.2, 0.25) is 0 Å². The van der Waals surface area contributed by atoms with E-state index in [0.29, 0.717) is 37.8 Å². The Morgan fingerprint density at radius 1 is 1.14 bits per heavy atom. The van der Waals surface area contributed by atoms with Gasteiger partial charge < -0.3 is 15.4 Å². The minimum Gasteiger partial charge on any atom is -0.494 e. The van der Waals surface area contributed by atoms with Gasteiger partial charge in [0.1, 0.15) is 5.75 Å². The Hall–Kier alpha value is -1.80. The number of unbranched alkanes of at least 4 members (excludes halogenated alkanes) is 1. The maximum absolute atomic E-state index is 12.3. The van der Waals surface area contributed by atoms with Crippen molar-refractivity contribution >= 4 is 21.7 Å². The fourth-order valence-electron chi connectivity index (χ4n) is 3.33. The topological polar surface area (TPSA) is 87.7 Å². The third-order valence-corrected chi connectivity index (χ3v) is 7.71. The summed E-state index contributed by atoms with van der Waals surface area (Å²) >= 11 is 0. The lowest BCUT2D eigenvalue weighted by atomic mass is 9.98. The second-order valence-corrected chi connectivity index (χ2v) is 9.86. The summed E-state index contributed by atoms with van der Waals surface area (Å²) in [4.78, 5) is 12.1. The number of benzene rings is 1. The second kappa shape index (κ2) is 9.60. The van der Waals surface area contributed by atoms with Crippen LogP contribution in [0.4, 0.5) is 10.5 Å². The molecule has 1 saturated heterocycles. The second-order valence-electron chi connectivity index (χ2n) is 7.65. The van der Waals surface area contributed by atoms with E-state index in [1.807, 2.05) is 24.3 Å². The fourth-order valence-corrected chi connectivity index (χ4v) is 5.20. The molecule has 156 valence electrons. The lowest BCUT2D eigenvalue weighted by Crippen LogP contribution is -2.43. The van der Waals surface area contributed by atoms with Gasteiger partial charge >= 0.3 is 6.03 Å². The highest BCUT2D eigenvalue weighted by atomic mass is 32.2. The Bertz CT molecular complexity index is 739. The standard InChI is InChI=1S/C20H31N3O4S/c1-2-3-14-27-18-6-4-17(5-7-18)22-20(24)21-15-16-10-12-23(13-11-16)28(25,26)19-8-9-19/h4-7,16,19H,2-3,8-15H2,1H3,(H2,21,22,24). The molecule has 1 heterocycles. The summed E-state index contributed by atoms with van der Waals surface area (Å²) < 4.78 is 31.8. The number of amides is 2. The van der Waals surface area contributed by atoms with E-state index in [4.69, 9.17) is 4.74 Å². The molecule has 0 spiro atoms. The van der Waals surface area contributed by atoms with Crippen LogP contribution in [0.5, 0.6) is 5.75 Å². The van der Waals surface area contributed by atoms with Crippen LogP contribution < -0.4 is 15.4 Å². The van der Waals surface area contributed by atoms with Crippen LogP contribution in [0, 0.1) is 5.92 Å². The van der Waals surface area contributed by atoms with Gasteiger partial charge in [-0.1, -0.05) is 13.3 Å². The maximum Gasteiger partial charge on any atom is 0.319 e. The van der Waals surface area contributed by atoms with Crippen LogP contribution >= 0.6 is 0 Å². The quantitative estimate of drug-likeness (QED) is 0.613. The highest BCUT2D eigenvalue weighted by molar-refractivity contribution is 7.90. The largest absolute Gasteiger partial charge is 0.494 e. The van der Waals surface area contributed by atoms with Crippen molar-refractivity contribution in [2.75, 3.05) is 31.6 Å². The van der Waals surface area contributed by atoms with Gasteiger partial charge in [-0.2, -0.15) is 0 Å². The van der Waals surface area contributed by atoms with Gasteiger partial charge in [-0.05, 0) is 62.3 Å². The average Bonchev–Trinajstić information content (AvgIpc) is 3.54. The maximum atomic E-state index is 12.3. The van der Waals surface area contributed by atoms with Crippen LogP contribution in [-0.2, 0) is 10.0 Å². The molecule has 0 radical (unpaired) electrons. The molecule has 0 bridgehead atoms. The van der Waals surface area contributed by atoms with Crippen LogP contribution in [0.15, 0.2) is 24.3 Å². The third kappa shape index (κ3) is 5.85. The Kier molecular flexibility index (Phi) is 7.18. The number of anilines is 1. The van der Waals surface area contributed by atoms with E-state index < -0.39 is 10.0 Å². The van der Waals surface area contributed by atoms with Gasteiger partial charge in [0.2, 0.25) is 10.0 Å². The molecular weight excluding hydrogens is 378 g/mol. The number of carbonyl (C=O) groups excluding carboxylic acids is 1. The van der Waals surface area contributed by atoms with Crippen molar-refractivity contribution in [2.45, 2.75) is 50.7 Å². The van der Waals surface area contributed by atoms with Gasteiger partial charge in [0.25, 0.3) is 0 Å². The fraction of sp³-hybridized carbons (Fsp3) is 0.650. The van der Waals surface area contributed by atoms with Crippen LogP contribution in [0.1, 0.15) is 45.4 Å². The molecule has 1 aliphatic heterocycles. The molecule has 1 aliphatic carbocycles. The predicted octanol–water partition coefficient (Wildman–Crippen LogP) is 3.19. The minimum absolute atomic E-state index is 0.142. The Balaban J connectivity index is 1.35. The summed E-state index contributed by atoms with van der Waals surface area (Å²) in [5.74, 6) is 1.11. The van der Waals surface area contributed by atoms with Crippen molar-refractivity contribution in [2.24, 2.45) is 5.92 Å². The molecule has 1 aromatic carbocycles. The molecule has 2 N–H and O–H groups in total. The molecule has 3 rings (SSSR count). The van der Waals surface area contributed by atoms with E-state index in [0.717, 1.165) is 44.3 Å². The Morgan fingerprint density at radius 3 is 2.43 bits per heavy atom. The first-order valence-electron chi connectivity index (χ1n) is 10.3. The molecule has 7 nitrogen and oxygen atoms in total. The third-order valence-electron chi connectivity index (χ3n) is 5.31. The molecule has 0 unspecified atom stereocenters. The number of piperidine rings is 1. The zero-order chi connectivity index (χ0) is 20.0. The first-order chi connectivity index (χ1) is 13.5. The molecule has 1 aromatic rings. The molecule has 8 heteroatoms. The van der Waals surface area contributed by atoms with Gasteiger partial charge in [0, 0.05) is 25.3 Å². The smallest absolute Gasteiger partial charge is 0.319 e. The Labute approximate surface area is 167 Å². The molecule has 0 aromatic heterocycles. The molecule has 1 saturated carbocycles. The molecule has 2 fully saturated rings.